The Kier molecular flexibility index (Phi) is 5.88. The van der Waals surface area contributed by atoms with Crippen LogP contribution >= 0.6 is 0 Å². The molecule has 2 aliphatic rings. The quantitative estimate of drug-likeness (QED) is 0.669. The van der Waals surface area contributed by atoms with Crippen LogP contribution < -0.4 is 20.7 Å². The van der Waals surface area contributed by atoms with Gasteiger partial charge in [0.2, 0.25) is 5.91 Å². The normalized spacial score (nSPS) is 21.2. The molecule has 7 nitrogen and oxygen atoms in total. The Morgan fingerprint density at radius 2 is 2.08 bits per heavy atom. The molecule has 136 valence electrons. The van der Waals surface area contributed by atoms with Gasteiger partial charge in [0.15, 0.2) is 6.61 Å². The Balaban J connectivity index is 1.45. The summed E-state index contributed by atoms with van der Waals surface area (Å²) in [6.07, 6.45) is 2.12. The molecule has 2 atom stereocenters. The molecule has 2 amide bonds. The van der Waals surface area contributed by atoms with Gasteiger partial charge in [-0.3, -0.25) is 9.59 Å². The number of hydrogen-bond donors (Lipinski definition) is 3. The van der Waals surface area contributed by atoms with Gasteiger partial charge < -0.3 is 25.4 Å². The molecule has 1 saturated heterocycles. The molecular formula is C18H25N3O4. The van der Waals surface area contributed by atoms with Gasteiger partial charge in [-0.1, -0.05) is 12.1 Å². The Morgan fingerprint density at radius 3 is 2.72 bits per heavy atom. The van der Waals surface area contributed by atoms with Crippen LogP contribution in [-0.4, -0.2) is 50.3 Å². The average Bonchev–Trinajstić information content (AvgIpc) is 3.45. The fourth-order valence-corrected chi connectivity index (χ4v) is 2.63. The van der Waals surface area contributed by atoms with Crippen LogP contribution in [0.5, 0.6) is 5.75 Å². The van der Waals surface area contributed by atoms with E-state index in [1.807, 2.05) is 31.2 Å². The molecule has 0 spiro atoms. The molecule has 1 aromatic rings. The van der Waals surface area contributed by atoms with Crippen molar-refractivity contribution in [3.05, 3.63) is 29.8 Å². The van der Waals surface area contributed by atoms with Crippen LogP contribution in [0.3, 0.4) is 0 Å². The van der Waals surface area contributed by atoms with Gasteiger partial charge in [0.1, 0.15) is 11.8 Å². The van der Waals surface area contributed by atoms with Gasteiger partial charge in [-0.05, 0) is 37.5 Å². The number of hydrogen-bond acceptors (Lipinski definition) is 5. The highest BCUT2D eigenvalue weighted by Gasteiger charge is 2.24. The van der Waals surface area contributed by atoms with Crippen molar-refractivity contribution in [1.82, 2.24) is 16.0 Å². The summed E-state index contributed by atoms with van der Waals surface area (Å²) in [6.45, 7) is 3.68. The van der Waals surface area contributed by atoms with Crippen molar-refractivity contribution < 1.29 is 19.1 Å². The number of benzene rings is 1. The minimum atomic E-state index is -0.302. The van der Waals surface area contributed by atoms with E-state index in [0.717, 1.165) is 18.4 Å². The lowest BCUT2D eigenvalue weighted by atomic mass is 10.1. The van der Waals surface area contributed by atoms with Gasteiger partial charge in [0.05, 0.1) is 19.3 Å². The lowest BCUT2D eigenvalue weighted by Gasteiger charge is -2.25. The molecule has 1 aliphatic heterocycles. The molecule has 0 aromatic heterocycles. The zero-order valence-electron chi connectivity index (χ0n) is 14.4. The van der Waals surface area contributed by atoms with E-state index in [-0.39, 0.29) is 30.5 Å². The van der Waals surface area contributed by atoms with E-state index in [2.05, 4.69) is 16.0 Å². The second-order valence-corrected chi connectivity index (χ2v) is 6.51. The van der Waals surface area contributed by atoms with Crippen molar-refractivity contribution in [3.8, 4) is 5.75 Å². The second kappa shape index (κ2) is 8.31. The highest BCUT2D eigenvalue weighted by atomic mass is 16.5. The maximum atomic E-state index is 12.2. The van der Waals surface area contributed by atoms with Gasteiger partial charge in [-0.15, -0.1) is 0 Å². The van der Waals surface area contributed by atoms with E-state index in [9.17, 15) is 9.59 Å². The number of rotatable bonds is 7. The largest absolute Gasteiger partial charge is 0.484 e. The van der Waals surface area contributed by atoms with Gasteiger partial charge in [0, 0.05) is 12.6 Å². The lowest BCUT2D eigenvalue weighted by Crippen LogP contribution is -2.51. The van der Waals surface area contributed by atoms with Gasteiger partial charge in [-0.2, -0.15) is 0 Å². The van der Waals surface area contributed by atoms with Crippen LogP contribution in [0.1, 0.15) is 31.4 Å². The smallest absolute Gasteiger partial charge is 0.258 e. The molecule has 7 heteroatoms. The van der Waals surface area contributed by atoms with Crippen molar-refractivity contribution in [2.75, 3.05) is 26.4 Å². The van der Waals surface area contributed by atoms with Crippen molar-refractivity contribution in [2.45, 2.75) is 37.9 Å². The van der Waals surface area contributed by atoms with Crippen LogP contribution in [0.2, 0.25) is 0 Å². The van der Waals surface area contributed by atoms with Gasteiger partial charge in [-0.25, -0.2) is 0 Å². The highest BCUT2D eigenvalue weighted by Crippen LogP contribution is 2.19. The third-order valence-electron chi connectivity index (χ3n) is 4.29. The molecule has 1 aliphatic carbocycles. The zero-order chi connectivity index (χ0) is 17.6. The van der Waals surface area contributed by atoms with E-state index in [0.29, 0.717) is 31.5 Å². The SMILES string of the molecule is CC(NC(=O)C1COCCN1)c1ccc(OCC(=O)NC2CC2)cc1. The van der Waals surface area contributed by atoms with E-state index in [1.54, 1.807) is 0 Å². The number of carbonyl (C=O) groups is 2. The van der Waals surface area contributed by atoms with Gasteiger partial charge >= 0.3 is 0 Å². The summed E-state index contributed by atoms with van der Waals surface area (Å²) in [5, 5.41) is 8.99. The Bertz CT molecular complexity index is 595. The lowest BCUT2D eigenvalue weighted by molar-refractivity contribution is -0.126. The first-order valence-corrected chi connectivity index (χ1v) is 8.75. The maximum absolute atomic E-state index is 12.2. The fourth-order valence-electron chi connectivity index (χ4n) is 2.63. The van der Waals surface area contributed by atoms with Crippen molar-refractivity contribution >= 4 is 11.8 Å². The third kappa shape index (κ3) is 5.44. The molecule has 0 bridgehead atoms. The molecule has 2 fully saturated rings. The molecule has 1 aromatic carbocycles. The van der Waals surface area contributed by atoms with Crippen molar-refractivity contribution in [2.24, 2.45) is 0 Å². The summed E-state index contributed by atoms with van der Waals surface area (Å²) < 4.78 is 10.8. The number of ether oxygens (including phenoxy) is 2. The standard InChI is InChI=1S/C18H25N3O4/c1-12(20-18(23)16-10-24-9-8-19-16)13-2-6-15(7-3-13)25-11-17(22)21-14-4-5-14/h2-3,6-7,12,14,16,19H,4-5,8-11H2,1H3,(H,20,23)(H,21,22). The van der Waals surface area contributed by atoms with Gasteiger partial charge in [0.25, 0.3) is 5.91 Å². The highest BCUT2D eigenvalue weighted by molar-refractivity contribution is 5.82. The summed E-state index contributed by atoms with van der Waals surface area (Å²) in [6, 6.07) is 7.32. The molecule has 3 N–H and O–H groups in total. The molecule has 0 radical (unpaired) electrons. The third-order valence-corrected chi connectivity index (χ3v) is 4.29. The Labute approximate surface area is 147 Å². The molecule has 1 saturated carbocycles. The topological polar surface area (TPSA) is 88.7 Å². The Hall–Kier alpha value is -2.12. The molecule has 25 heavy (non-hydrogen) atoms. The second-order valence-electron chi connectivity index (χ2n) is 6.51. The predicted molar refractivity (Wildman–Crippen MR) is 92.3 cm³/mol. The first-order valence-electron chi connectivity index (χ1n) is 8.75. The summed E-state index contributed by atoms with van der Waals surface area (Å²) in [5.74, 6) is 0.481. The van der Waals surface area contributed by atoms with Crippen LogP contribution in [0, 0.1) is 0 Å². The molecule has 3 rings (SSSR count). The first kappa shape index (κ1) is 17.7. The summed E-state index contributed by atoms with van der Waals surface area (Å²) in [4.78, 5) is 23.8. The number of carbonyl (C=O) groups excluding carboxylic acids is 2. The van der Waals surface area contributed by atoms with Crippen molar-refractivity contribution in [3.63, 3.8) is 0 Å². The van der Waals surface area contributed by atoms with E-state index < -0.39 is 0 Å². The van der Waals surface area contributed by atoms with E-state index in [4.69, 9.17) is 9.47 Å². The zero-order valence-corrected chi connectivity index (χ0v) is 14.4. The van der Waals surface area contributed by atoms with Crippen LogP contribution in [0.25, 0.3) is 0 Å². The van der Waals surface area contributed by atoms with Crippen LogP contribution in [-0.2, 0) is 14.3 Å². The minimum absolute atomic E-state index is 0.0233. The summed E-state index contributed by atoms with van der Waals surface area (Å²) >= 11 is 0. The van der Waals surface area contributed by atoms with E-state index >= 15 is 0 Å². The van der Waals surface area contributed by atoms with E-state index in [1.165, 1.54) is 0 Å². The number of nitrogens with one attached hydrogen (secondary N) is 3. The maximum Gasteiger partial charge on any atom is 0.258 e. The number of morpholine rings is 1. The summed E-state index contributed by atoms with van der Waals surface area (Å²) in [7, 11) is 0. The summed E-state index contributed by atoms with van der Waals surface area (Å²) in [5.41, 5.74) is 0.972. The average molecular weight is 347 g/mol. The molecular weight excluding hydrogens is 322 g/mol. The monoisotopic (exact) mass is 347 g/mol. The van der Waals surface area contributed by atoms with Crippen LogP contribution in [0.15, 0.2) is 24.3 Å². The van der Waals surface area contributed by atoms with Crippen molar-refractivity contribution in [1.29, 1.82) is 0 Å². The first-order chi connectivity index (χ1) is 12.1. The molecule has 2 unspecified atom stereocenters. The predicted octanol–water partition coefficient (Wildman–Crippen LogP) is 0.510. The minimum Gasteiger partial charge on any atom is -0.484 e. The molecule has 1 heterocycles. The fraction of sp³-hybridized carbons (Fsp3) is 0.556. The number of amides is 2. The Morgan fingerprint density at radius 1 is 1.32 bits per heavy atom. The van der Waals surface area contributed by atoms with Crippen LogP contribution in [0.4, 0.5) is 0 Å².